The van der Waals surface area contributed by atoms with Crippen molar-refractivity contribution in [3.8, 4) is 11.8 Å². The van der Waals surface area contributed by atoms with Gasteiger partial charge in [-0.1, -0.05) is 57.4 Å². The summed E-state index contributed by atoms with van der Waals surface area (Å²) in [5.74, 6) is 6.91. The molecule has 0 aliphatic rings. The van der Waals surface area contributed by atoms with Crippen LogP contribution >= 0.6 is 0 Å². The Balaban J connectivity index is 3.10. The van der Waals surface area contributed by atoms with Crippen LogP contribution in [0.2, 0.25) is 0 Å². The van der Waals surface area contributed by atoms with Gasteiger partial charge in [0, 0.05) is 5.56 Å². The average molecular weight is 293 g/mol. The van der Waals surface area contributed by atoms with E-state index >= 15 is 0 Å². The molecule has 0 saturated carbocycles. The summed E-state index contributed by atoms with van der Waals surface area (Å²) in [7, 11) is 0. The Morgan fingerprint density at radius 1 is 1.36 bits per heavy atom. The number of hydrogen-bond acceptors (Lipinski definition) is 1. The second kappa shape index (κ2) is 9.05. The molecule has 0 N–H and O–H groups in total. The highest BCUT2D eigenvalue weighted by Crippen LogP contribution is 2.22. The summed E-state index contributed by atoms with van der Waals surface area (Å²) in [4.78, 5) is 3.98. The molecule has 0 aliphatic heterocycles. The van der Waals surface area contributed by atoms with E-state index < -0.39 is 0 Å². The third-order valence-electron chi connectivity index (χ3n) is 3.33. The molecule has 0 spiro atoms. The van der Waals surface area contributed by atoms with Crippen molar-refractivity contribution in [3.05, 3.63) is 53.2 Å². The monoisotopic (exact) mass is 293 g/mol. The smallest absolute Gasteiger partial charge is 0.108 e. The van der Waals surface area contributed by atoms with Gasteiger partial charge in [-0.25, -0.2) is 0 Å². The van der Waals surface area contributed by atoms with E-state index in [1.807, 2.05) is 13.0 Å². The van der Waals surface area contributed by atoms with Gasteiger partial charge in [0.1, 0.15) is 5.70 Å². The lowest BCUT2D eigenvalue weighted by Crippen LogP contribution is -1.98. The number of rotatable bonds is 6. The lowest BCUT2D eigenvalue weighted by molar-refractivity contribution is 0.646. The van der Waals surface area contributed by atoms with Gasteiger partial charge in [-0.15, -0.1) is 0 Å². The molecule has 1 heteroatoms. The normalized spacial score (nSPS) is 11.0. The molecule has 116 valence electrons. The van der Waals surface area contributed by atoms with Crippen LogP contribution in [0.1, 0.15) is 57.2 Å². The zero-order valence-electron chi connectivity index (χ0n) is 14.4. The molecule has 0 aliphatic carbocycles. The summed E-state index contributed by atoms with van der Waals surface area (Å²) in [5, 5.41) is 0. The van der Waals surface area contributed by atoms with Crippen molar-refractivity contribution in [2.45, 2.75) is 47.0 Å². The standard InChI is InChI=1S/C21H27N/c1-7-8-9-20(22-6)13-11-18-10-12-19(14-16(2)3)21(15-18)17(4)5/h9-10,12,15-16H,4,6-8,14H2,1-3,5H3/b20-9-. The second-order valence-corrected chi connectivity index (χ2v) is 6.04. The maximum absolute atomic E-state index is 4.10. The topological polar surface area (TPSA) is 12.4 Å². The summed E-state index contributed by atoms with van der Waals surface area (Å²) in [6, 6.07) is 6.38. The van der Waals surface area contributed by atoms with Gasteiger partial charge in [0.25, 0.3) is 0 Å². The predicted octanol–water partition coefficient (Wildman–Crippen LogP) is 5.65. The van der Waals surface area contributed by atoms with Gasteiger partial charge in [-0.2, -0.15) is 0 Å². The number of unbranched alkanes of at least 4 members (excludes halogenated alkanes) is 1. The first-order chi connectivity index (χ1) is 10.5. The van der Waals surface area contributed by atoms with Gasteiger partial charge >= 0.3 is 0 Å². The first-order valence-electron chi connectivity index (χ1n) is 7.95. The quantitative estimate of drug-likeness (QED) is 0.474. The molecule has 0 amide bonds. The molecule has 0 bridgehead atoms. The van der Waals surface area contributed by atoms with Crippen LogP contribution in [-0.4, -0.2) is 6.72 Å². The summed E-state index contributed by atoms with van der Waals surface area (Å²) in [6.07, 6.45) is 5.16. The predicted molar refractivity (Wildman–Crippen MR) is 99.1 cm³/mol. The minimum Gasteiger partial charge on any atom is -0.256 e. The number of aliphatic imine (C=N–C) groups is 1. The Bertz CT molecular complexity index is 621. The fourth-order valence-corrected chi connectivity index (χ4v) is 2.24. The first-order valence-corrected chi connectivity index (χ1v) is 7.95. The van der Waals surface area contributed by atoms with E-state index in [9.17, 15) is 0 Å². The van der Waals surface area contributed by atoms with Crippen molar-refractivity contribution in [2.75, 3.05) is 0 Å². The van der Waals surface area contributed by atoms with Crippen LogP contribution in [0.25, 0.3) is 5.57 Å². The van der Waals surface area contributed by atoms with Crippen molar-refractivity contribution in [3.63, 3.8) is 0 Å². The van der Waals surface area contributed by atoms with E-state index in [1.54, 1.807) is 0 Å². The molecule has 0 unspecified atom stereocenters. The Labute approximate surface area is 135 Å². The third-order valence-corrected chi connectivity index (χ3v) is 3.33. The Morgan fingerprint density at radius 2 is 2.09 bits per heavy atom. The Kier molecular flexibility index (Phi) is 7.40. The molecular weight excluding hydrogens is 266 g/mol. The SMILES string of the molecule is C=N/C(C#Cc1ccc(CC(C)C)c(C(=C)C)c1)=C\CCC. The van der Waals surface area contributed by atoms with E-state index in [2.05, 4.69) is 69.1 Å². The lowest BCUT2D eigenvalue weighted by Gasteiger charge is -2.12. The van der Waals surface area contributed by atoms with Crippen LogP contribution in [0.5, 0.6) is 0 Å². The minimum absolute atomic E-state index is 0.628. The van der Waals surface area contributed by atoms with Crippen molar-refractivity contribution in [1.82, 2.24) is 0 Å². The average Bonchev–Trinajstić information content (AvgIpc) is 2.47. The molecule has 22 heavy (non-hydrogen) atoms. The third kappa shape index (κ3) is 5.74. The van der Waals surface area contributed by atoms with Gasteiger partial charge in [-0.3, -0.25) is 4.99 Å². The maximum atomic E-state index is 4.10. The molecule has 1 nitrogen and oxygen atoms in total. The van der Waals surface area contributed by atoms with E-state index in [4.69, 9.17) is 0 Å². The molecule has 0 radical (unpaired) electrons. The largest absolute Gasteiger partial charge is 0.256 e. The first kappa shape index (κ1) is 18.0. The highest BCUT2D eigenvalue weighted by atomic mass is 14.7. The molecule has 0 atom stereocenters. The van der Waals surface area contributed by atoms with Gasteiger partial charge in [0.2, 0.25) is 0 Å². The van der Waals surface area contributed by atoms with E-state index in [-0.39, 0.29) is 0 Å². The van der Waals surface area contributed by atoms with Crippen LogP contribution in [0.4, 0.5) is 0 Å². The molecule has 1 rings (SSSR count). The maximum Gasteiger partial charge on any atom is 0.108 e. The number of nitrogens with zero attached hydrogens (tertiary/aromatic N) is 1. The van der Waals surface area contributed by atoms with Gasteiger partial charge in [0.15, 0.2) is 0 Å². The van der Waals surface area contributed by atoms with Crippen LogP contribution < -0.4 is 0 Å². The number of hydrogen-bond donors (Lipinski definition) is 0. The lowest BCUT2D eigenvalue weighted by atomic mass is 9.93. The summed E-state index contributed by atoms with van der Waals surface area (Å²) < 4.78 is 0. The van der Waals surface area contributed by atoms with Crippen molar-refractivity contribution >= 4 is 12.3 Å². The van der Waals surface area contributed by atoms with Crippen molar-refractivity contribution < 1.29 is 0 Å². The van der Waals surface area contributed by atoms with Crippen molar-refractivity contribution in [1.29, 1.82) is 0 Å². The molecule has 0 heterocycles. The summed E-state index contributed by atoms with van der Waals surface area (Å²) in [6.45, 7) is 16.3. The number of benzene rings is 1. The van der Waals surface area contributed by atoms with Gasteiger partial charge in [0.05, 0.1) is 0 Å². The summed E-state index contributed by atoms with van der Waals surface area (Å²) in [5.41, 5.74) is 5.40. The van der Waals surface area contributed by atoms with Crippen LogP contribution in [0.15, 0.2) is 41.5 Å². The van der Waals surface area contributed by atoms with Gasteiger partial charge < -0.3 is 0 Å². The highest BCUT2D eigenvalue weighted by Gasteiger charge is 2.06. The highest BCUT2D eigenvalue weighted by molar-refractivity contribution is 5.66. The van der Waals surface area contributed by atoms with E-state index in [0.717, 1.165) is 36.1 Å². The number of allylic oxidation sites excluding steroid dienone is 3. The van der Waals surface area contributed by atoms with Crippen LogP contribution in [0, 0.1) is 17.8 Å². The molecule has 1 aromatic carbocycles. The van der Waals surface area contributed by atoms with Crippen LogP contribution in [0.3, 0.4) is 0 Å². The fourth-order valence-electron chi connectivity index (χ4n) is 2.24. The van der Waals surface area contributed by atoms with Gasteiger partial charge in [-0.05, 0) is 61.6 Å². The minimum atomic E-state index is 0.628. The Hall–Kier alpha value is -2.07. The van der Waals surface area contributed by atoms with E-state index in [1.165, 1.54) is 11.1 Å². The second-order valence-electron chi connectivity index (χ2n) is 6.04. The zero-order valence-corrected chi connectivity index (χ0v) is 14.4. The molecule has 0 aromatic heterocycles. The molecular formula is C21H27N. The fraction of sp³-hybridized carbons (Fsp3) is 0.381. The molecule has 0 fully saturated rings. The zero-order chi connectivity index (χ0) is 16.5. The summed E-state index contributed by atoms with van der Waals surface area (Å²) >= 11 is 0. The molecule has 1 aromatic rings. The van der Waals surface area contributed by atoms with Crippen LogP contribution in [-0.2, 0) is 6.42 Å². The van der Waals surface area contributed by atoms with E-state index in [0.29, 0.717) is 5.92 Å². The molecule has 0 saturated heterocycles. The van der Waals surface area contributed by atoms with Crippen molar-refractivity contribution in [2.24, 2.45) is 10.9 Å². The Morgan fingerprint density at radius 3 is 2.64 bits per heavy atom.